The molecule has 2 aromatic carbocycles. The summed E-state index contributed by atoms with van der Waals surface area (Å²) in [5.41, 5.74) is -0.0191. The maximum absolute atomic E-state index is 12.1. The van der Waals surface area contributed by atoms with Crippen LogP contribution >= 0.6 is 11.6 Å². The molecule has 0 spiro atoms. The van der Waals surface area contributed by atoms with E-state index in [1.165, 1.54) is 0 Å². The molecule has 0 saturated heterocycles. The van der Waals surface area contributed by atoms with E-state index in [1.807, 2.05) is 6.07 Å². The molecule has 0 heterocycles. The van der Waals surface area contributed by atoms with Gasteiger partial charge in [-0.25, -0.2) is 13.1 Å². The molecule has 0 bridgehead atoms. The molecular weight excluding hydrogens is 322 g/mol. The molecular formula is C16H18ClNO3S. The van der Waals surface area contributed by atoms with Crippen LogP contribution in [0.2, 0.25) is 5.02 Å². The second kappa shape index (κ2) is 6.79. The van der Waals surface area contributed by atoms with Crippen molar-refractivity contribution in [2.24, 2.45) is 0 Å². The minimum atomic E-state index is -3.52. The van der Waals surface area contributed by atoms with Crippen molar-refractivity contribution in [1.29, 1.82) is 0 Å². The van der Waals surface area contributed by atoms with Crippen LogP contribution in [-0.2, 0) is 21.4 Å². The molecule has 0 fully saturated rings. The van der Waals surface area contributed by atoms with Crippen LogP contribution in [0.1, 0.15) is 18.1 Å². The van der Waals surface area contributed by atoms with E-state index >= 15 is 0 Å². The van der Waals surface area contributed by atoms with Crippen molar-refractivity contribution < 1.29 is 13.5 Å². The zero-order valence-electron chi connectivity index (χ0n) is 12.2. The highest BCUT2D eigenvalue weighted by molar-refractivity contribution is 7.88. The molecule has 0 amide bonds. The summed E-state index contributed by atoms with van der Waals surface area (Å²) < 4.78 is 26.6. The van der Waals surface area contributed by atoms with Gasteiger partial charge in [-0.05, 0) is 30.2 Å². The van der Waals surface area contributed by atoms with Crippen LogP contribution in [-0.4, -0.2) is 20.1 Å². The van der Waals surface area contributed by atoms with Gasteiger partial charge in [0, 0.05) is 11.6 Å². The summed E-state index contributed by atoms with van der Waals surface area (Å²) in [4.78, 5) is 0. The minimum absolute atomic E-state index is 0.107. The summed E-state index contributed by atoms with van der Waals surface area (Å²) in [5.74, 6) is -0.120. The maximum Gasteiger partial charge on any atom is 0.215 e. The monoisotopic (exact) mass is 339 g/mol. The van der Waals surface area contributed by atoms with Crippen molar-refractivity contribution in [3.63, 3.8) is 0 Å². The topological polar surface area (TPSA) is 66.4 Å². The van der Waals surface area contributed by atoms with Crippen LogP contribution in [0, 0.1) is 0 Å². The summed E-state index contributed by atoms with van der Waals surface area (Å²) in [6, 6.07) is 15.6. The third-order valence-electron chi connectivity index (χ3n) is 3.30. The van der Waals surface area contributed by atoms with Gasteiger partial charge >= 0.3 is 0 Å². The molecule has 0 aliphatic heterocycles. The first-order valence-electron chi connectivity index (χ1n) is 6.78. The fraction of sp³-hybridized carbons (Fsp3) is 0.250. The first kappa shape index (κ1) is 17.0. The molecule has 2 rings (SSSR count). The molecule has 1 atom stereocenters. The number of aliphatic hydroxyl groups is 1. The third kappa shape index (κ3) is 4.81. The van der Waals surface area contributed by atoms with Gasteiger partial charge in [-0.1, -0.05) is 54.1 Å². The molecule has 4 nitrogen and oxygen atoms in total. The Balaban J connectivity index is 2.03. The lowest BCUT2D eigenvalue weighted by Gasteiger charge is -2.24. The minimum Gasteiger partial charge on any atom is -0.384 e. The lowest BCUT2D eigenvalue weighted by molar-refractivity contribution is 0.0627. The molecule has 6 heteroatoms. The number of sulfonamides is 1. The number of nitrogens with one attached hydrogen (secondary N) is 1. The molecule has 0 saturated carbocycles. The largest absolute Gasteiger partial charge is 0.384 e. The molecule has 0 aromatic heterocycles. The fourth-order valence-electron chi connectivity index (χ4n) is 2.01. The number of hydrogen-bond donors (Lipinski definition) is 2. The quantitative estimate of drug-likeness (QED) is 0.850. The average Bonchev–Trinajstić information content (AvgIpc) is 2.47. The number of halogens is 1. The van der Waals surface area contributed by atoms with Crippen molar-refractivity contribution in [2.45, 2.75) is 18.3 Å². The smallest absolute Gasteiger partial charge is 0.215 e. The Labute approximate surface area is 135 Å². The van der Waals surface area contributed by atoms with Gasteiger partial charge in [-0.3, -0.25) is 0 Å². The van der Waals surface area contributed by atoms with Crippen LogP contribution < -0.4 is 4.72 Å². The lowest BCUT2D eigenvalue weighted by atomic mass is 9.97. The van der Waals surface area contributed by atoms with E-state index < -0.39 is 15.6 Å². The Morgan fingerprint density at radius 1 is 1.09 bits per heavy atom. The third-order valence-corrected chi connectivity index (χ3v) is 4.85. The molecule has 0 radical (unpaired) electrons. The zero-order valence-corrected chi connectivity index (χ0v) is 13.7. The number of benzene rings is 2. The van der Waals surface area contributed by atoms with Gasteiger partial charge in [0.15, 0.2) is 0 Å². The average molecular weight is 340 g/mol. The normalized spacial score (nSPS) is 14.5. The maximum atomic E-state index is 12.1. The van der Waals surface area contributed by atoms with Gasteiger partial charge in [-0.2, -0.15) is 0 Å². The highest BCUT2D eigenvalue weighted by Gasteiger charge is 2.25. The van der Waals surface area contributed by atoms with E-state index in [1.54, 1.807) is 55.5 Å². The van der Waals surface area contributed by atoms with Gasteiger partial charge in [0.2, 0.25) is 10.0 Å². The molecule has 2 N–H and O–H groups in total. The molecule has 0 aliphatic rings. The van der Waals surface area contributed by atoms with Crippen LogP contribution in [0.15, 0.2) is 54.6 Å². The van der Waals surface area contributed by atoms with Gasteiger partial charge in [0.1, 0.15) is 5.60 Å². The molecule has 118 valence electrons. The zero-order chi connectivity index (χ0) is 16.2. The summed E-state index contributed by atoms with van der Waals surface area (Å²) in [7, 11) is -3.52. The Kier molecular flexibility index (Phi) is 5.24. The van der Waals surface area contributed by atoms with E-state index in [4.69, 9.17) is 11.6 Å². The Hall–Kier alpha value is -1.40. The standard InChI is InChI=1S/C16H18ClNO3S/c1-16(19,14-7-9-15(17)10-8-14)12-18-22(20,21)11-13-5-3-2-4-6-13/h2-10,18-19H,11-12H2,1H3. The Morgan fingerprint density at radius 2 is 1.68 bits per heavy atom. The van der Waals surface area contributed by atoms with E-state index in [0.29, 0.717) is 16.1 Å². The van der Waals surface area contributed by atoms with E-state index in [-0.39, 0.29) is 12.3 Å². The van der Waals surface area contributed by atoms with Crippen molar-refractivity contribution in [1.82, 2.24) is 4.72 Å². The van der Waals surface area contributed by atoms with Crippen molar-refractivity contribution >= 4 is 21.6 Å². The van der Waals surface area contributed by atoms with E-state index in [0.717, 1.165) is 0 Å². The SMILES string of the molecule is CC(O)(CNS(=O)(=O)Cc1ccccc1)c1ccc(Cl)cc1. The first-order valence-corrected chi connectivity index (χ1v) is 8.81. The van der Waals surface area contributed by atoms with Crippen LogP contribution in [0.4, 0.5) is 0 Å². The van der Waals surface area contributed by atoms with Crippen LogP contribution in [0.3, 0.4) is 0 Å². The predicted molar refractivity (Wildman–Crippen MR) is 88.1 cm³/mol. The summed E-state index contributed by atoms with van der Waals surface area (Å²) in [6.45, 7) is 1.45. The van der Waals surface area contributed by atoms with E-state index in [2.05, 4.69) is 4.72 Å². The van der Waals surface area contributed by atoms with Gasteiger partial charge in [0.25, 0.3) is 0 Å². The number of rotatable bonds is 6. The first-order chi connectivity index (χ1) is 10.3. The van der Waals surface area contributed by atoms with Crippen LogP contribution in [0.5, 0.6) is 0 Å². The van der Waals surface area contributed by atoms with Crippen LogP contribution in [0.25, 0.3) is 0 Å². The highest BCUT2D eigenvalue weighted by Crippen LogP contribution is 2.22. The van der Waals surface area contributed by atoms with E-state index in [9.17, 15) is 13.5 Å². The predicted octanol–water partition coefficient (Wildman–Crippen LogP) is 2.67. The van der Waals surface area contributed by atoms with Crippen molar-refractivity contribution in [2.75, 3.05) is 6.54 Å². The fourth-order valence-corrected chi connectivity index (χ4v) is 3.37. The Bertz CT molecular complexity index is 713. The second-order valence-corrected chi connectivity index (χ2v) is 7.59. The highest BCUT2D eigenvalue weighted by atomic mass is 35.5. The molecule has 0 aliphatic carbocycles. The summed E-state index contributed by atoms with van der Waals surface area (Å²) in [6.07, 6.45) is 0. The summed E-state index contributed by atoms with van der Waals surface area (Å²) in [5, 5.41) is 11.0. The summed E-state index contributed by atoms with van der Waals surface area (Å²) >= 11 is 5.81. The van der Waals surface area contributed by atoms with Gasteiger partial charge < -0.3 is 5.11 Å². The Morgan fingerprint density at radius 3 is 2.27 bits per heavy atom. The lowest BCUT2D eigenvalue weighted by Crippen LogP contribution is -2.39. The van der Waals surface area contributed by atoms with Gasteiger partial charge in [-0.15, -0.1) is 0 Å². The molecule has 22 heavy (non-hydrogen) atoms. The second-order valence-electron chi connectivity index (χ2n) is 5.35. The van der Waals surface area contributed by atoms with Crippen molar-refractivity contribution in [3.05, 3.63) is 70.7 Å². The van der Waals surface area contributed by atoms with Crippen molar-refractivity contribution in [3.8, 4) is 0 Å². The molecule has 1 unspecified atom stereocenters. The number of hydrogen-bond acceptors (Lipinski definition) is 3. The van der Waals surface area contributed by atoms with Gasteiger partial charge in [0.05, 0.1) is 5.75 Å². The molecule has 2 aromatic rings.